The molecule has 0 atom stereocenters. The Bertz CT molecular complexity index is 190. The summed E-state index contributed by atoms with van der Waals surface area (Å²) in [6.45, 7) is 1.79. The van der Waals surface area contributed by atoms with Crippen LogP contribution in [-0.2, 0) is 9.53 Å². The van der Waals surface area contributed by atoms with Crippen molar-refractivity contribution in [1.29, 1.82) is 5.26 Å². The van der Waals surface area contributed by atoms with Gasteiger partial charge in [0.2, 0.25) is 5.76 Å². The van der Waals surface area contributed by atoms with Crippen LogP contribution in [0.15, 0.2) is 11.8 Å². The number of hydrogen-bond donors (Lipinski definition) is 1. The van der Waals surface area contributed by atoms with Gasteiger partial charge >= 0.3 is 5.97 Å². The first-order valence-corrected chi connectivity index (χ1v) is 2.68. The zero-order chi connectivity index (χ0) is 7.98. The quantitative estimate of drug-likeness (QED) is 0.263. The van der Waals surface area contributed by atoms with Crippen molar-refractivity contribution in [3.05, 3.63) is 11.8 Å². The maximum Gasteiger partial charge on any atom is 0.374 e. The molecule has 1 N–H and O–H groups in total. The highest BCUT2D eigenvalue weighted by Gasteiger charge is 2.05. The summed E-state index contributed by atoms with van der Waals surface area (Å²) in [6, 6.07) is 1.49. The molecule has 4 heteroatoms. The van der Waals surface area contributed by atoms with Crippen LogP contribution in [0.2, 0.25) is 0 Å². The normalized spacial score (nSPS) is 10.2. The number of nitrogens with zero attached hydrogens (tertiary/aromatic N) is 1. The molecule has 0 rings (SSSR count). The fraction of sp³-hybridized carbons (Fsp3) is 0.333. The summed E-state index contributed by atoms with van der Waals surface area (Å²) in [4.78, 5) is 10.4. The van der Waals surface area contributed by atoms with Crippen LogP contribution >= 0.6 is 0 Å². The van der Waals surface area contributed by atoms with E-state index in [0.717, 1.165) is 6.08 Å². The Balaban J connectivity index is 3.98. The smallest absolute Gasteiger partial charge is 0.374 e. The molecule has 0 aliphatic carbocycles. The first-order valence-electron chi connectivity index (χ1n) is 2.68. The number of esters is 1. The van der Waals surface area contributed by atoms with E-state index < -0.39 is 11.7 Å². The van der Waals surface area contributed by atoms with Gasteiger partial charge < -0.3 is 9.84 Å². The Morgan fingerprint density at radius 2 is 2.50 bits per heavy atom. The molecule has 0 fully saturated rings. The molecule has 0 radical (unpaired) electrons. The van der Waals surface area contributed by atoms with Crippen LogP contribution in [0.25, 0.3) is 0 Å². The van der Waals surface area contributed by atoms with Crippen LogP contribution in [0.4, 0.5) is 0 Å². The van der Waals surface area contributed by atoms with Crippen LogP contribution in [-0.4, -0.2) is 17.7 Å². The minimum Gasteiger partial charge on any atom is -0.501 e. The van der Waals surface area contributed by atoms with E-state index in [0.29, 0.717) is 0 Å². The maximum absolute atomic E-state index is 10.4. The molecule has 10 heavy (non-hydrogen) atoms. The number of carbonyl (C=O) groups is 1. The van der Waals surface area contributed by atoms with Gasteiger partial charge in [0.15, 0.2) is 0 Å². The van der Waals surface area contributed by atoms with Crippen molar-refractivity contribution in [1.82, 2.24) is 0 Å². The average Bonchev–Trinajstić information content (AvgIpc) is 1.89. The van der Waals surface area contributed by atoms with Gasteiger partial charge in [-0.05, 0) is 6.92 Å². The van der Waals surface area contributed by atoms with Gasteiger partial charge in [0.05, 0.1) is 18.8 Å². The molecular weight excluding hydrogens is 134 g/mol. The van der Waals surface area contributed by atoms with Crippen LogP contribution in [0.1, 0.15) is 6.92 Å². The van der Waals surface area contributed by atoms with Crippen LogP contribution in [0.3, 0.4) is 0 Å². The van der Waals surface area contributed by atoms with Crippen molar-refractivity contribution in [3.63, 3.8) is 0 Å². The molecule has 0 aliphatic heterocycles. The van der Waals surface area contributed by atoms with Crippen LogP contribution in [0.5, 0.6) is 0 Å². The second-order valence-electron chi connectivity index (χ2n) is 1.38. The van der Waals surface area contributed by atoms with Gasteiger partial charge in [0, 0.05) is 0 Å². The molecule has 0 aromatic rings. The minimum atomic E-state index is -0.871. The third kappa shape index (κ3) is 2.72. The Kier molecular flexibility index (Phi) is 3.73. The largest absolute Gasteiger partial charge is 0.501 e. The van der Waals surface area contributed by atoms with Crippen LogP contribution < -0.4 is 0 Å². The summed E-state index contributed by atoms with van der Waals surface area (Å²) in [6.07, 6.45) is 0.720. The molecule has 0 spiro atoms. The molecule has 0 aromatic carbocycles. The fourth-order valence-corrected chi connectivity index (χ4v) is 0.325. The van der Waals surface area contributed by atoms with Crippen molar-refractivity contribution < 1.29 is 14.6 Å². The SMILES string of the molecule is CCOC(=O)/C(O)=C\C#N. The van der Waals surface area contributed by atoms with Crippen LogP contribution in [0, 0.1) is 11.3 Å². The number of hydrogen-bond acceptors (Lipinski definition) is 4. The second kappa shape index (κ2) is 4.39. The first kappa shape index (κ1) is 8.50. The Labute approximate surface area is 58.3 Å². The van der Waals surface area contributed by atoms with Crippen molar-refractivity contribution in [2.24, 2.45) is 0 Å². The molecule has 0 saturated carbocycles. The highest BCUT2D eigenvalue weighted by atomic mass is 16.5. The number of aliphatic hydroxyl groups excluding tert-OH is 1. The third-order valence-corrected chi connectivity index (χ3v) is 0.686. The predicted octanol–water partition coefficient (Wildman–Crippen LogP) is 0.515. The summed E-state index contributed by atoms with van der Waals surface area (Å²) < 4.78 is 4.35. The van der Waals surface area contributed by atoms with Crippen molar-refractivity contribution in [2.75, 3.05) is 6.61 Å². The van der Waals surface area contributed by atoms with Gasteiger partial charge in [-0.15, -0.1) is 0 Å². The Morgan fingerprint density at radius 1 is 1.90 bits per heavy atom. The van der Waals surface area contributed by atoms with Crippen molar-refractivity contribution in [3.8, 4) is 6.07 Å². The number of aliphatic hydroxyl groups is 1. The van der Waals surface area contributed by atoms with E-state index in [1.54, 1.807) is 6.92 Å². The van der Waals surface area contributed by atoms with E-state index in [4.69, 9.17) is 10.4 Å². The van der Waals surface area contributed by atoms with Crippen molar-refractivity contribution in [2.45, 2.75) is 6.92 Å². The predicted molar refractivity (Wildman–Crippen MR) is 33.0 cm³/mol. The lowest BCUT2D eigenvalue weighted by Crippen LogP contribution is -2.06. The molecule has 0 unspecified atom stereocenters. The molecule has 0 heterocycles. The first-order chi connectivity index (χ1) is 4.72. The zero-order valence-electron chi connectivity index (χ0n) is 5.50. The topological polar surface area (TPSA) is 70.3 Å². The van der Waals surface area contributed by atoms with Gasteiger partial charge in [0.25, 0.3) is 0 Å². The Hall–Kier alpha value is -1.50. The molecule has 54 valence electrons. The summed E-state index contributed by atoms with van der Waals surface area (Å²) in [5.41, 5.74) is 0. The third-order valence-electron chi connectivity index (χ3n) is 0.686. The lowest BCUT2D eigenvalue weighted by Gasteiger charge is -1.96. The van der Waals surface area contributed by atoms with E-state index >= 15 is 0 Å². The summed E-state index contributed by atoms with van der Waals surface area (Å²) in [5.74, 6) is -1.53. The molecule has 0 saturated heterocycles. The molecule has 4 nitrogen and oxygen atoms in total. The van der Waals surface area contributed by atoms with E-state index in [1.807, 2.05) is 0 Å². The van der Waals surface area contributed by atoms with Gasteiger partial charge in [0.1, 0.15) is 0 Å². The summed E-state index contributed by atoms with van der Waals surface area (Å²) >= 11 is 0. The highest BCUT2D eigenvalue weighted by molar-refractivity contribution is 5.86. The van der Waals surface area contributed by atoms with Gasteiger partial charge in [-0.3, -0.25) is 0 Å². The molecule has 0 amide bonds. The minimum absolute atomic E-state index is 0.183. The second-order valence-corrected chi connectivity index (χ2v) is 1.38. The zero-order valence-corrected chi connectivity index (χ0v) is 5.50. The van der Waals surface area contributed by atoms with E-state index in [-0.39, 0.29) is 6.61 Å². The lowest BCUT2D eigenvalue weighted by atomic mass is 10.5. The number of carbonyl (C=O) groups excluding carboxylic acids is 1. The highest BCUT2D eigenvalue weighted by Crippen LogP contribution is 1.90. The lowest BCUT2D eigenvalue weighted by molar-refractivity contribution is -0.141. The van der Waals surface area contributed by atoms with E-state index in [9.17, 15) is 4.79 Å². The summed E-state index contributed by atoms with van der Waals surface area (Å²) in [5, 5.41) is 16.6. The molecule has 0 aliphatic rings. The summed E-state index contributed by atoms with van der Waals surface area (Å²) in [7, 11) is 0. The maximum atomic E-state index is 10.4. The fourth-order valence-electron chi connectivity index (χ4n) is 0.325. The van der Waals surface area contributed by atoms with Gasteiger partial charge in [-0.25, -0.2) is 4.79 Å². The van der Waals surface area contributed by atoms with Crippen molar-refractivity contribution >= 4 is 5.97 Å². The molecule has 0 bridgehead atoms. The molecular formula is C6H7NO3. The monoisotopic (exact) mass is 141 g/mol. The number of nitriles is 1. The number of ether oxygens (including phenoxy) is 1. The molecule has 0 aromatic heterocycles. The van der Waals surface area contributed by atoms with E-state index in [1.165, 1.54) is 6.07 Å². The average molecular weight is 141 g/mol. The van der Waals surface area contributed by atoms with Gasteiger partial charge in [-0.1, -0.05) is 0 Å². The van der Waals surface area contributed by atoms with E-state index in [2.05, 4.69) is 4.74 Å². The number of rotatable bonds is 2. The standard InChI is InChI=1S/C6H7NO3/c1-2-10-6(9)5(8)3-4-7/h3,8H,2H2,1H3/b5-3+. The Morgan fingerprint density at radius 3 is 2.90 bits per heavy atom. The van der Waals surface area contributed by atoms with Gasteiger partial charge in [-0.2, -0.15) is 5.26 Å². The number of allylic oxidation sites excluding steroid dienone is 1.